The molecule has 1 aromatic rings. The number of carbonyl (C=O) groups excluding carboxylic acids is 4. The minimum absolute atomic E-state index is 0.118. The Morgan fingerprint density at radius 3 is 1.96 bits per heavy atom. The molecule has 28 heavy (non-hydrogen) atoms. The van der Waals surface area contributed by atoms with E-state index in [1.165, 1.54) is 45.4 Å². The summed E-state index contributed by atoms with van der Waals surface area (Å²) in [5.74, 6) is -1.69. The van der Waals surface area contributed by atoms with Gasteiger partial charge in [-0.05, 0) is 38.0 Å². The van der Waals surface area contributed by atoms with Crippen molar-refractivity contribution in [1.82, 2.24) is 5.32 Å². The number of ether oxygens (including phenoxy) is 1. The van der Waals surface area contributed by atoms with Gasteiger partial charge in [0.2, 0.25) is 11.8 Å². The number of hydrogen-bond acceptors (Lipinski definition) is 5. The van der Waals surface area contributed by atoms with Gasteiger partial charge < -0.3 is 20.7 Å². The van der Waals surface area contributed by atoms with Crippen LogP contribution in [0.4, 0.5) is 11.4 Å². The van der Waals surface area contributed by atoms with E-state index in [1.54, 1.807) is 0 Å². The zero-order chi connectivity index (χ0) is 20.7. The molecule has 8 nitrogen and oxygen atoms in total. The molecule has 1 saturated carbocycles. The maximum absolute atomic E-state index is 12.5. The van der Waals surface area contributed by atoms with Gasteiger partial charge in [-0.2, -0.15) is 0 Å². The number of carbonyl (C=O) groups is 4. The number of anilines is 2. The van der Waals surface area contributed by atoms with Crippen molar-refractivity contribution in [3.05, 3.63) is 23.8 Å². The first kappa shape index (κ1) is 21.4. The molecular weight excluding hydrogens is 362 g/mol. The monoisotopic (exact) mass is 389 g/mol. The lowest BCUT2D eigenvalue weighted by Gasteiger charge is -2.24. The van der Waals surface area contributed by atoms with E-state index in [4.69, 9.17) is 4.74 Å². The molecule has 1 unspecified atom stereocenters. The summed E-state index contributed by atoms with van der Waals surface area (Å²) in [6.45, 7) is 4.18. The molecule has 0 aromatic heterocycles. The van der Waals surface area contributed by atoms with Gasteiger partial charge in [0.15, 0.2) is 6.10 Å². The third-order valence-electron chi connectivity index (χ3n) is 4.41. The molecule has 0 heterocycles. The Morgan fingerprint density at radius 2 is 1.46 bits per heavy atom. The van der Waals surface area contributed by atoms with Crippen LogP contribution in [-0.2, 0) is 19.1 Å². The van der Waals surface area contributed by atoms with Crippen LogP contribution >= 0.6 is 0 Å². The van der Waals surface area contributed by atoms with E-state index in [-0.39, 0.29) is 29.3 Å². The van der Waals surface area contributed by atoms with E-state index in [0.29, 0.717) is 11.4 Å². The minimum Gasteiger partial charge on any atom is -0.449 e. The van der Waals surface area contributed by atoms with E-state index >= 15 is 0 Å². The molecule has 0 bridgehead atoms. The van der Waals surface area contributed by atoms with E-state index in [1.807, 2.05) is 0 Å². The number of esters is 1. The molecule has 152 valence electrons. The molecule has 0 saturated heterocycles. The molecule has 0 aliphatic heterocycles. The zero-order valence-corrected chi connectivity index (χ0v) is 16.5. The maximum atomic E-state index is 12.5. The van der Waals surface area contributed by atoms with Crippen molar-refractivity contribution in [1.29, 1.82) is 0 Å². The van der Waals surface area contributed by atoms with Crippen molar-refractivity contribution >= 4 is 35.1 Å². The number of hydrogen-bond donors (Lipinski definition) is 3. The van der Waals surface area contributed by atoms with Crippen LogP contribution < -0.4 is 16.0 Å². The van der Waals surface area contributed by atoms with Crippen LogP contribution in [0.3, 0.4) is 0 Å². The molecule has 1 aliphatic carbocycles. The molecule has 3 amide bonds. The number of benzene rings is 1. The van der Waals surface area contributed by atoms with Gasteiger partial charge in [-0.3, -0.25) is 14.4 Å². The quantitative estimate of drug-likeness (QED) is 0.647. The molecule has 1 atom stereocenters. The molecule has 8 heteroatoms. The third-order valence-corrected chi connectivity index (χ3v) is 4.41. The van der Waals surface area contributed by atoms with Crippen LogP contribution in [0.2, 0.25) is 0 Å². The summed E-state index contributed by atoms with van der Waals surface area (Å²) in [4.78, 5) is 47.4. The predicted molar refractivity (Wildman–Crippen MR) is 105 cm³/mol. The summed E-state index contributed by atoms with van der Waals surface area (Å²) in [7, 11) is 0. The average Bonchev–Trinajstić information content (AvgIpc) is 2.61. The Balaban J connectivity index is 2.07. The first-order chi connectivity index (χ1) is 13.2. The summed E-state index contributed by atoms with van der Waals surface area (Å²) in [5.41, 5.74) is 0.794. The summed E-state index contributed by atoms with van der Waals surface area (Å²) in [6.07, 6.45) is 4.26. The second kappa shape index (κ2) is 9.87. The second-order valence-corrected chi connectivity index (χ2v) is 7.05. The summed E-state index contributed by atoms with van der Waals surface area (Å²) >= 11 is 0. The normalized spacial score (nSPS) is 15.2. The lowest BCUT2D eigenvalue weighted by molar-refractivity contribution is -0.130. The van der Waals surface area contributed by atoms with E-state index in [2.05, 4.69) is 16.0 Å². The van der Waals surface area contributed by atoms with Crippen molar-refractivity contribution in [3.63, 3.8) is 0 Å². The van der Waals surface area contributed by atoms with Gasteiger partial charge >= 0.3 is 5.97 Å². The Labute approximate surface area is 164 Å². The van der Waals surface area contributed by atoms with Gasteiger partial charge in [0.05, 0.1) is 5.56 Å². The number of amides is 3. The van der Waals surface area contributed by atoms with Gasteiger partial charge in [-0.25, -0.2) is 4.79 Å². The van der Waals surface area contributed by atoms with Gasteiger partial charge in [0.1, 0.15) is 0 Å². The number of rotatable bonds is 6. The second-order valence-electron chi connectivity index (χ2n) is 7.05. The van der Waals surface area contributed by atoms with E-state index in [0.717, 1.165) is 25.7 Å². The Hall–Kier alpha value is -2.90. The highest BCUT2D eigenvalue weighted by Crippen LogP contribution is 2.21. The van der Waals surface area contributed by atoms with Gasteiger partial charge in [-0.1, -0.05) is 19.3 Å². The van der Waals surface area contributed by atoms with Crippen molar-refractivity contribution in [2.75, 3.05) is 10.6 Å². The molecule has 1 aliphatic rings. The van der Waals surface area contributed by atoms with Crippen LogP contribution in [0.5, 0.6) is 0 Å². The van der Waals surface area contributed by atoms with Gasteiger partial charge in [0.25, 0.3) is 5.91 Å². The van der Waals surface area contributed by atoms with E-state index in [9.17, 15) is 19.2 Å². The Morgan fingerprint density at radius 1 is 0.929 bits per heavy atom. The predicted octanol–water partition coefficient (Wildman–Crippen LogP) is 2.60. The molecule has 0 spiro atoms. The number of nitrogens with one attached hydrogen (secondary N) is 3. The smallest absolute Gasteiger partial charge is 0.339 e. The van der Waals surface area contributed by atoms with Crippen LogP contribution in [0.25, 0.3) is 0 Å². The fraction of sp³-hybridized carbons (Fsp3) is 0.500. The minimum atomic E-state index is -0.955. The Bertz CT molecular complexity index is 722. The first-order valence-electron chi connectivity index (χ1n) is 9.46. The van der Waals surface area contributed by atoms with Crippen LogP contribution in [0.1, 0.15) is 63.2 Å². The van der Waals surface area contributed by atoms with Crippen molar-refractivity contribution in [2.24, 2.45) is 0 Å². The highest BCUT2D eigenvalue weighted by atomic mass is 16.5. The Kier molecular flexibility index (Phi) is 7.54. The van der Waals surface area contributed by atoms with Gasteiger partial charge in [-0.15, -0.1) is 0 Å². The molecular formula is C20H27N3O5. The first-order valence-corrected chi connectivity index (χ1v) is 9.46. The molecule has 3 N–H and O–H groups in total. The topological polar surface area (TPSA) is 114 Å². The highest BCUT2D eigenvalue weighted by Gasteiger charge is 2.23. The van der Waals surface area contributed by atoms with Crippen molar-refractivity contribution in [2.45, 2.75) is 65.0 Å². The standard InChI is InChI=1S/C20H27N3O5/c1-12(19(26)23-16-7-5-4-6-8-16)28-20(27)15-9-17(21-13(2)24)11-18(10-15)22-14(3)25/h9-12,16H,4-8H2,1-3H3,(H,21,24)(H,22,25)(H,23,26). The fourth-order valence-corrected chi connectivity index (χ4v) is 3.14. The third kappa shape index (κ3) is 6.68. The lowest BCUT2D eigenvalue weighted by Crippen LogP contribution is -2.42. The zero-order valence-electron chi connectivity index (χ0n) is 16.5. The molecule has 1 fully saturated rings. The molecule has 0 radical (unpaired) electrons. The molecule has 2 rings (SSSR count). The van der Waals surface area contributed by atoms with Gasteiger partial charge in [0, 0.05) is 31.3 Å². The summed E-state index contributed by atoms with van der Waals surface area (Å²) < 4.78 is 5.28. The van der Waals surface area contributed by atoms with Crippen LogP contribution in [0, 0.1) is 0 Å². The maximum Gasteiger partial charge on any atom is 0.339 e. The SMILES string of the molecule is CC(=O)Nc1cc(NC(C)=O)cc(C(=O)OC(C)C(=O)NC2CCCCC2)c1. The van der Waals surface area contributed by atoms with Crippen molar-refractivity contribution in [3.8, 4) is 0 Å². The van der Waals surface area contributed by atoms with Crippen molar-refractivity contribution < 1.29 is 23.9 Å². The van der Waals surface area contributed by atoms with Crippen LogP contribution in [0.15, 0.2) is 18.2 Å². The largest absolute Gasteiger partial charge is 0.449 e. The highest BCUT2D eigenvalue weighted by molar-refractivity contribution is 5.98. The van der Waals surface area contributed by atoms with E-state index < -0.39 is 12.1 Å². The van der Waals surface area contributed by atoms with Crippen LogP contribution in [-0.4, -0.2) is 35.8 Å². The molecule has 1 aromatic carbocycles. The average molecular weight is 389 g/mol. The summed E-state index contributed by atoms with van der Waals surface area (Å²) in [5, 5.41) is 8.05. The fourth-order valence-electron chi connectivity index (χ4n) is 3.14. The lowest BCUT2D eigenvalue weighted by atomic mass is 9.95. The summed E-state index contributed by atoms with van der Waals surface area (Å²) in [6, 6.07) is 4.51.